The molecule has 0 aliphatic carbocycles. The maximum absolute atomic E-state index is 13.9. The molecular weight excluding hydrogens is 253 g/mol. The Hall–Kier alpha value is -0.930. The number of hydrogen-bond acceptors (Lipinski definition) is 2. The van der Waals surface area contributed by atoms with E-state index in [2.05, 4.69) is 25.2 Å². The van der Waals surface area contributed by atoms with E-state index in [1.807, 2.05) is 6.07 Å². The summed E-state index contributed by atoms with van der Waals surface area (Å²) in [7, 11) is 0. The number of ether oxygens (including phenoxy) is 1. The Morgan fingerprint density at radius 1 is 1.40 bits per heavy atom. The van der Waals surface area contributed by atoms with E-state index < -0.39 is 0 Å². The van der Waals surface area contributed by atoms with Crippen molar-refractivity contribution in [1.82, 2.24) is 5.32 Å². The standard InChI is InChI=1S/C17H26FNO/c1-4-9-19-17(14-8-10-20-16(14)5-2)13-7-6-12(3)15(18)11-13/h6-7,11,14,16-17,19H,4-5,8-10H2,1-3H3. The minimum absolute atomic E-state index is 0.113. The summed E-state index contributed by atoms with van der Waals surface area (Å²) in [4.78, 5) is 0. The SMILES string of the molecule is CCCNC(c1ccc(C)c(F)c1)C1CCOC1CC. The second kappa shape index (κ2) is 7.19. The van der Waals surface area contributed by atoms with Gasteiger partial charge in [0.05, 0.1) is 6.10 Å². The molecular formula is C17H26FNO. The first kappa shape index (κ1) is 15.5. The summed E-state index contributed by atoms with van der Waals surface area (Å²) in [5.41, 5.74) is 1.76. The van der Waals surface area contributed by atoms with Gasteiger partial charge in [0.25, 0.3) is 0 Å². The summed E-state index contributed by atoms with van der Waals surface area (Å²) in [6.45, 7) is 7.90. The Balaban J connectivity index is 2.23. The zero-order chi connectivity index (χ0) is 14.5. The van der Waals surface area contributed by atoms with Gasteiger partial charge >= 0.3 is 0 Å². The van der Waals surface area contributed by atoms with Gasteiger partial charge in [-0.3, -0.25) is 0 Å². The van der Waals surface area contributed by atoms with Gasteiger partial charge in [-0.2, -0.15) is 0 Å². The van der Waals surface area contributed by atoms with Gasteiger partial charge in [-0.05, 0) is 49.9 Å². The minimum Gasteiger partial charge on any atom is -0.378 e. The molecule has 1 aliphatic rings. The maximum atomic E-state index is 13.9. The summed E-state index contributed by atoms with van der Waals surface area (Å²) in [6.07, 6.45) is 3.43. The number of aryl methyl sites for hydroxylation is 1. The van der Waals surface area contributed by atoms with Crippen LogP contribution in [0.2, 0.25) is 0 Å². The Morgan fingerprint density at radius 3 is 2.85 bits per heavy atom. The summed E-state index contributed by atoms with van der Waals surface area (Å²) in [6, 6.07) is 5.81. The molecule has 1 aliphatic heterocycles. The highest BCUT2D eigenvalue weighted by atomic mass is 19.1. The summed E-state index contributed by atoms with van der Waals surface area (Å²) in [5.74, 6) is 0.325. The lowest BCUT2D eigenvalue weighted by Crippen LogP contribution is -2.33. The molecule has 0 radical (unpaired) electrons. The molecule has 0 bridgehead atoms. The van der Waals surface area contributed by atoms with Crippen LogP contribution in [-0.4, -0.2) is 19.3 Å². The second-order valence-corrected chi connectivity index (χ2v) is 5.71. The van der Waals surface area contributed by atoms with Gasteiger partial charge in [0.15, 0.2) is 0 Å². The van der Waals surface area contributed by atoms with Crippen molar-refractivity contribution < 1.29 is 9.13 Å². The molecule has 3 heteroatoms. The second-order valence-electron chi connectivity index (χ2n) is 5.71. The molecule has 0 aromatic heterocycles. The van der Waals surface area contributed by atoms with Gasteiger partial charge in [-0.15, -0.1) is 0 Å². The van der Waals surface area contributed by atoms with Crippen LogP contribution < -0.4 is 5.32 Å². The monoisotopic (exact) mass is 279 g/mol. The predicted octanol–water partition coefficient (Wildman–Crippen LogP) is 3.99. The van der Waals surface area contributed by atoms with Crippen molar-refractivity contribution in [2.45, 2.75) is 52.2 Å². The fourth-order valence-corrected chi connectivity index (χ4v) is 3.09. The molecule has 0 amide bonds. The van der Waals surface area contributed by atoms with Crippen LogP contribution in [0, 0.1) is 18.7 Å². The highest BCUT2D eigenvalue weighted by molar-refractivity contribution is 5.26. The largest absolute Gasteiger partial charge is 0.378 e. The average molecular weight is 279 g/mol. The quantitative estimate of drug-likeness (QED) is 0.850. The molecule has 112 valence electrons. The van der Waals surface area contributed by atoms with Crippen LogP contribution in [0.1, 0.15) is 50.3 Å². The maximum Gasteiger partial charge on any atom is 0.126 e. The van der Waals surface area contributed by atoms with Crippen molar-refractivity contribution in [3.8, 4) is 0 Å². The number of nitrogens with one attached hydrogen (secondary N) is 1. The number of benzene rings is 1. The number of hydrogen-bond donors (Lipinski definition) is 1. The van der Waals surface area contributed by atoms with Gasteiger partial charge < -0.3 is 10.1 Å². The van der Waals surface area contributed by atoms with Crippen molar-refractivity contribution in [3.63, 3.8) is 0 Å². The van der Waals surface area contributed by atoms with E-state index in [0.29, 0.717) is 11.5 Å². The smallest absolute Gasteiger partial charge is 0.126 e. The van der Waals surface area contributed by atoms with Crippen LogP contribution in [0.15, 0.2) is 18.2 Å². The lowest BCUT2D eigenvalue weighted by Gasteiger charge is -2.29. The molecule has 3 atom stereocenters. The van der Waals surface area contributed by atoms with Crippen LogP contribution >= 0.6 is 0 Å². The lowest BCUT2D eigenvalue weighted by atomic mass is 9.86. The fourth-order valence-electron chi connectivity index (χ4n) is 3.09. The Labute approximate surface area is 121 Å². The highest BCUT2D eigenvalue weighted by Crippen LogP contribution is 2.35. The van der Waals surface area contributed by atoms with Crippen LogP contribution in [-0.2, 0) is 4.74 Å². The van der Waals surface area contributed by atoms with Crippen molar-refractivity contribution in [2.75, 3.05) is 13.2 Å². The van der Waals surface area contributed by atoms with Crippen LogP contribution in [0.3, 0.4) is 0 Å². The first-order valence-corrected chi connectivity index (χ1v) is 7.78. The molecule has 20 heavy (non-hydrogen) atoms. The third kappa shape index (κ3) is 3.39. The Kier molecular flexibility index (Phi) is 5.55. The number of halogens is 1. The third-order valence-corrected chi connectivity index (χ3v) is 4.26. The van der Waals surface area contributed by atoms with Crippen LogP contribution in [0.5, 0.6) is 0 Å². The van der Waals surface area contributed by atoms with Gasteiger partial charge in [0, 0.05) is 18.6 Å². The van der Waals surface area contributed by atoms with Crippen LogP contribution in [0.4, 0.5) is 4.39 Å². The summed E-state index contributed by atoms with van der Waals surface area (Å²) < 4.78 is 19.7. The predicted molar refractivity (Wildman–Crippen MR) is 80.3 cm³/mol. The highest BCUT2D eigenvalue weighted by Gasteiger charge is 2.34. The van der Waals surface area contributed by atoms with E-state index in [0.717, 1.165) is 38.0 Å². The molecule has 1 N–H and O–H groups in total. The lowest BCUT2D eigenvalue weighted by molar-refractivity contribution is 0.0773. The van der Waals surface area contributed by atoms with E-state index in [1.54, 1.807) is 13.0 Å². The van der Waals surface area contributed by atoms with Crippen molar-refractivity contribution in [1.29, 1.82) is 0 Å². The van der Waals surface area contributed by atoms with Crippen molar-refractivity contribution >= 4 is 0 Å². The van der Waals surface area contributed by atoms with Crippen molar-refractivity contribution in [2.24, 2.45) is 5.92 Å². The van der Waals surface area contributed by atoms with Crippen LogP contribution in [0.25, 0.3) is 0 Å². The zero-order valence-corrected chi connectivity index (χ0v) is 12.8. The van der Waals surface area contributed by atoms with Gasteiger partial charge in [-0.25, -0.2) is 4.39 Å². The fraction of sp³-hybridized carbons (Fsp3) is 0.647. The summed E-state index contributed by atoms with van der Waals surface area (Å²) in [5, 5.41) is 3.59. The molecule has 0 saturated carbocycles. The Morgan fingerprint density at radius 2 is 2.20 bits per heavy atom. The molecule has 2 rings (SSSR count). The zero-order valence-electron chi connectivity index (χ0n) is 12.8. The summed E-state index contributed by atoms with van der Waals surface area (Å²) >= 11 is 0. The minimum atomic E-state index is -0.113. The third-order valence-electron chi connectivity index (χ3n) is 4.26. The van der Waals surface area contributed by atoms with Gasteiger partial charge in [-0.1, -0.05) is 26.0 Å². The first-order valence-electron chi connectivity index (χ1n) is 7.78. The first-order chi connectivity index (χ1) is 9.67. The molecule has 1 fully saturated rings. The van der Waals surface area contributed by atoms with E-state index in [4.69, 9.17) is 4.74 Å². The van der Waals surface area contributed by atoms with Gasteiger partial charge in [0.2, 0.25) is 0 Å². The van der Waals surface area contributed by atoms with Gasteiger partial charge in [0.1, 0.15) is 5.82 Å². The molecule has 3 unspecified atom stereocenters. The normalized spacial score (nSPS) is 24.0. The molecule has 1 aromatic rings. The molecule has 1 saturated heterocycles. The molecule has 1 heterocycles. The topological polar surface area (TPSA) is 21.3 Å². The number of rotatable bonds is 6. The van der Waals surface area contributed by atoms with E-state index in [1.165, 1.54) is 0 Å². The molecule has 0 spiro atoms. The molecule has 2 nitrogen and oxygen atoms in total. The average Bonchev–Trinajstić information content (AvgIpc) is 2.91. The van der Waals surface area contributed by atoms with E-state index in [-0.39, 0.29) is 18.0 Å². The van der Waals surface area contributed by atoms with E-state index in [9.17, 15) is 4.39 Å². The molecule has 1 aromatic carbocycles. The van der Waals surface area contributed by atoms with E-state index >= 15 is 0 Å². The Bertz CT molecular complexity index is 435. The van der Waals surface area contributed by atoms with Crippen molar-refractivity contribution in [3.05, 3.63) is 35.1 Å².